The number of hydrogen-bond acceptors (Lipinski definition) is 5. The lowest BCUT2D eigenvalue weighted by Crippen LogP contribution is -2.40. The molecule has 1 atom stereocenters. The van der Waals surface area contributed by atoms with Crippen LogP contribution in [0.5, 0.6) is 0 Å². The number of rotatable bonds is 2. The summed E-state index contributed by atoms with van der Waals surface area (Å²) in [5.41, 5.74) is 2.24. The summed E-state index contributed by atoms with van der Waals surface area (Å²) in [5, 5.41) is 3.83. The predicted molar refractivity (Wildman–Crippen MR) is 90.4 cm³/mol. The molecular formula is C17H21N3O3S. The van der Waals surface area contributed by atoms with Crippen LogP contribution in [0, 0.1) is 13.8 Å². The van der Waals surface area contributed by atoms with Gasteiger partial charge in [-0.3, -0.25) is 9.21 Å². The highest BCUT2D eigenvalue weighted by Gasteiger charge is 2.38. The van der Waals surface area contributed by atoms with Crippen molar-refractivity contribution in [1.82, 2.24) is 10.1 Å². The number of fused-ring (bicyclic) bond motifs is 2. The van der Waals surface area contributed by atoms with Gasteiger partial charge in [-0.1, -0.05) is 23.4 Å². The smallest absolute Gasteiger partial charge is 0.269 e. The minimum atomic E-state index is -3.71. The van der Waals surface area contributed by atoms with E-state index in [0.717, 1.165) is 37.2 Å². The van der Waals surface area contributed by atoms with Crippen molar-refractivity contribution < 1.29 is 12.9 Å². The van der Waals surface area contributed by atoms with Gasteiger partial charge in [0.15, 0.2) is 10.7 Å². The average molecular weight is 347 g/mol. The molecule has 4 rings (SSSR count). The average Bonchev–Trinajstić information content (AvgIpc) is 3.08. The largest absolute Gasteiger partial charge is 0.360 e. The first-order valence-electron chi connectivity index (χ1n) is 8.26. The van der Waals surface area contributed by atoms with Crippen LogP contribution in [0.2, 0.25) is 0 Å². The number of sulfonamides is 1. The maximum Gasteiger partial charge on any atom is 0.269 e. The Morgan fingerprint density at radius 1 is 1.25 bits per heavy atom. The Bertz CT molecular complexity index is 855. The van der Waals surface area contributed by atoms with Gasteiger partial charge in [0, 0.05) is 19.1 Å². The summed E-state index contributed by atoms with van der Waals surface area (Å²) < 4.78 is 33.5. The van der Waals surface area contributed by atoms with E-state index in [2.05, 4.69) is 10.1 Å². The van der Waals surface area contributed by atoms with E-state index in [0.29, 0.717) is 18.0 Å². The Labute approximate surface area is 142 Å². The fourth-order valence-corrected chi connectivity index (χ4v) is 5.72. The quantitative estimate of drug-likeness (QED) is 0.835. The van der Waals surface area contributed by atoms with Crippen molar-refractivity contribution in [2.75, 3.05) is 17.4 Å². The summed E-state index contributed by atoms with van der Waals surface area (Å²) in [6.45, 7) is 5.63. The van der Waals surface area contributed by atoms with Crippen LogP contribution < -0.4 is 4.31 Å². The first-order valence-corrected chi connectivity index (χ1v) is 9.70. The Morgan fingerprint density at radius 3 is 2.79 bits per heavy atom. The zero-order valence-electron chi connectivity index (χ0n) is 13.9. The maximum atomic E-state index is 13.4. The van der Waals surface area contributed by atoms with Crippen molar-refractivity contribution in [1.29, 1.82) is 0 Å². The molecule has 0 N–H and O–H groups in total. The van der Waals surface area contributed by atoms with Crippen LogP contribution in [0.3, 0.4) is 0 Å². The molecule has 0 spiro atoms. The lowest BCUT2D eigenvalue weighted by molar-refractivity contribution is 0.257. The first kappa shape index (κ1) is 15.7. The molecule has 1 saturated heterocycles. The van der Waals surface area contributed by atoms with Gasteiger partial charge in [0.05, 0.1) is 5.69 Å². The maximum absolute atomic E-state index is 13.4. The monoisotopic (exact) mass is 347 g/mol. The third kappa shape index (κ3) is 2.34. The van der Waals surface area contributed by atoms with E-state index < -0.39 is 10.0 Å². The zero-order valence-corrected chi connectivity index (χ0v) is 14.7. The molecule has 0 radical (unpaired) electrons. The van der Waals surface area contributed by atoms with Crippen LogP contribution in [0.15, 0.2) is 33.7 Å². The molecule has 2 aliphatic heterocycles. The first-order chi connectivity index (χ1) is 11.5. The number of nitrogens with zero attached hydrogens (tertiary/aromatic N) is 3. The highest BCUT2D eigenvalue weighted by Crippen LogP contribution is 2.36. The second-order valence-electron chi connectivity index (χ2n) is 6.58. The molecule has 7 heteroatoms. The molecular weight excluding hydrogens is 326 g/mol. The van der Waals surface area contributed by atoms with Crippen molar-refractivity contribution in [3.8, 4) is 0 Å². The second kappa shape index (κ2) is 5.60. The molecule has 0 saturated carbocycles. The number of benzene rings is 1. The van der Waals surface area contributed by atoms with Gasteiger partial charge < -0.3 is 4.52 Å². The summed E-state index contributed by atoms with van der Waals surface area (Å²) in [5.74, 6) is 0.345. The topological polar surface area (TPSA) is 66.7 Å². The van der Waals surface area contributed by atoms with Gasteiger partial charge in [0.25, 0.3) is 10.0 Å². The van der Waals surface area contributed by atoms with Gasteiger partial charge in [-0.15, -0.1) is 0 Å². The van der Waals surface area contributed by atoms with Crippen molar-refractivity contribution in [3.63, 3.8) is 0 Å². The number of anilines is 1. The molecule has 128 valence electrons. The third-order valence-corrected chi connectivity index (χ3v) is 7.05. The van der Waals surface area contributed by atoms with Gasteiger partial charge in [-0.25, -0.2) is 8.42 Å². The number of hydrogen-bond donors (Lipinski definition) is 0. The molecule has 0 aliphatic carbocycles. The van der Waals surface area contributed by atoms with E-state index in [-0.39, 0.29) is 10.9 Å². The normalized spacial score (nSPS) is 21.4. The van der Waals surface area contributed by atoms with Crippen molar-refractivity contribution >= 4 is 15.7 Å². The van der Waals surface area contributed by atoms with E-state index >= 15 is 0 Å². The van der Waals surface area contributed by atoms with Crippen molar-refractivity contribution in [3.05, 3.63) is 41.3 Å². The van der Waals surface area contributed by atoms with Crippen molar-refractivity contribution in [2.24, 2.45) is 0 Å². The van der Waals surface area contributed by atoms with E-state index in [1.165, 1.54) is 0 Å². The standard InChI is InChI=1S/C17H21N3O3S/c1-12-17(13(2)23-18-12)24(21,22)20-11-15-7-5-9-19(15)10-14-6-3-4-8-16(14)20/h3-4,6,8,15H,5,7,9-11H2,1-2H3/t15-/m1/s1. The molecule has 24 heavy (non-hydrogen) atoms. The summed E-state index contributed by atoms with van der Waals surface area (Å²) in [6, 6.07) is 8.04. The molecule has 1 fully saturated rings. The molecule has 2 aliphatic rings. The zero-order chi connectivity index (χ0) is 16.9. The molecule has 1 aromatic heterocycles. The molecule has 3 heterocycles. The SMILES string of the molecule is Cc1noc(C)c1S(=O)(=O)N1C[C@H]2CCCN2Cc2ccccc21. The third-order valence-electron chi connectivity index (χ3n) is 5.03. The van der Waals surface area contributed by atoms with E-state index in [1.54, 1.807) is 18.2 Å². The van der Waals surface area contributed by atoms with Gasteiger partial charge >= 0.3 is 0 Å². The lowest BCUT2D eigenvalue weighted by atomic mass is 10.2. The van der Waals surface area contributed by atoms with Crippen LogP contribution in [-0.4, -0.2) is 37.6 Å². The number of aromatic nitrogens is 1. The molecule has 2 aromatic rings. The molecule has 1 aromatic carbocycles. The summed E-state index contributed by atoms with van der Waals surface area (Å²) in [4.78, 5) is 2.59. The molecule has 0 unspecified atom stereocenters. The Morgan fingerprint density at radius 2 is 2.04 bits per heavy atom. The predicted octanol–water partition coefficient (Wildman–Crippen LogP) is 2.46. The van der Waals surface area contributed by atoms with E-state index in [1.807, 2.05) is 24.3 Å². The van der Waals surface area contributed by atoms with Gasteiger partial charge in [0.2, 0.25) is 0 Å². The van der Waals surface area contributed by atoms with Gasteiger partial charge in [-0.05, 0) is 44.9 Å². The highest BCUT2D eigenvalue weighted by molar-refractivity contribution is 7.93. The van der Waals surface area contributed by atoms with Crippen LogP contribution in [-0.2, 0) is 16.6 Å². The van der Waals surface area contributed by atoms with Crippen LogP contribution in [0.1, 0.15) is 29.9 Å². The van der Waals surface area contributed by atoms with Crippen LogP contribution in [0.25, 0.3) is 0 Å². The van der Waals surface area contributed by atoms with Gasteiger partial charge in [0.1, 0.15) is 5.69 Å². The van der Waals surface area contributed by atoms with Crippen LogP contribution in [0.4, 0.5) is 5.69 Å². The summed E-state index contributed by atoms with van der Waals surface area (Å²) in [7, 11) is -3.71. The van der Waals surface area contributed by atoms with Crippen LogP contribution >= 0.6 is 0 Å². The van der Waals surface area contributed by atoms with E-state index in [4.69, 9.17) is 4.52 Å². The molecule has 6 nitrogen and oxygen atoms in total. The van der Waals surface area contributed by atoms with E-state index in [9.17, 15) is 8.42 Å². The highest BCUT2D eigenvalue weighted by atomic mass is 32.2. The van der Waals surface area contributed by atoms with Gasteiger partial charge in [-0.2, -0.15) is 0 Å². The fraction of sp³-hybridized carbons (Fsp3) is 0.471. The lowest BCUT2D eigenvalue weighted by Gasteiger charge is -2.27. The number of para-hydroxylation sites is 1. The minimum absolute atomic E-state index is 0.198. The second-order valence-corrected chi connectivity index (χ2v) is 8.38. The Hall–Kier alpha value is -1.86. The minimum Gasteiger partial charge on any atom is -0.360 e. The number of aryl methyl sites for hydroxylation is 2. The Balaban J connectivity index is 1.87. The molecule has 0 amide bonds. The summed E-state index contributed by atoms with van der Waals surface area (Å²) >= 11 is 0. The fourth-order valence-electron chi connectivity index (χ4n) is 3.89. The Kier molecular flexibility index (Phi) is 3.65. The summed E-state index contributed by atoms with van der Waals surface area (Å²) in [6.07, 6.45) is 2.15. The van der Waals surface area contributed by atoms with Crippen molar-refractivity contribution in [2.45, 2.75) is 44.2 Å². The molecule has 0 bridgehead atoms.